The minimum Gasteiger partial charge on any atom is -0.374 e. The third kappa shape index (κ3) is 4.61. The largest absolute Gasteiger partial charge is 0.374 e. The van der Waals surface area contributed by atoms with Crippen LogP contribution in [0.5, 0.6) is 0 Å². The Kier molecular flexibility index (Phi) is 6.54. The van der Waals surface area contributed by atoms with Gasteiger partial charge in [-0.05, 0) is 19.3 Å². The summed E-state index contributed by atoms with van der Waals surface area (Å²) in [4.78, 5) is 10.9. The number of carbonyl (C=O) groups is 1. The first-order valence-corrected chi connectivity index (χ1v) is 5.52. The van der Waals surface area contributed by atoms with Crippen LogP contribution in [0.1, 0.15) is 52.9 Å². The van der Waals surface area contributed by atoms with Crippen LogP contribution >= 0.6 is 0 Å². The molecule has 0 saturated heterocycles. The Bertz CT molecular complexity index is 165. The number of unbranched alkanes of at least 4 members (excludes halogenated alkanes) is 1. The van der Waals surface area contributed by atoms with E-state index < -0.39 is 0 Å². The Balaban J connectivity index is 4.14. The molecule has 84 valence electrons. The normalized spacial score (nSPS) is 11.6. The molecule has 0 atom stereocenters. The SMILES string of the molecule is CCCCOC(CC)(CC)CC(N)=O. The second-order valence-corrected chi connectivity index (χ2v) is 3.74. The van der Waals surface area contributed by atoms with Gasteiger partial charge in [-0.2, -0.15) is 0 Å². The lowest BCUT2D eigenvalue weighted by molar-refractivity contribution is -0.127. The highest BCUT2D eigenvalue weighted by Gasteiger charge is 2.28. The Morgan fingerprint density at radius 3 is 2.21 bits per heavy atom. The van der Waals surface area contributed by atoms with Crippen molar-refractivity contribution in [1.82, 2.24) is 0 Å². The number of hydrogen-bond donors (Lipinski definition) is 1. The smallest absolute Gasteiger partial charge is 0.220 e. The fourth-order valence-corrected chi connectivity index (χ4v) is 1.51. The topological polar surface area (TPSA) is 52.3 Å². The van der Waals surface area contributed by atoms with Gasteiger partial charge in [0.15, 0.2) is 0 Å². The van der Waals surface area contributed by atoms with E-state index in [2.05, 4.69) is 6.92 Å². The molecule has 3 nitrogen and oxygen atoms in total. The van der Waals surface area contributed by atoms with Crippen LogP contribution in [0.3, 0.4) is 0 Å². The molecule has 0 radical (unpaired) electrons. The first-order chi connectivity index (χ1) is 6.60. The van der Waals surface area contributed by atoms with Crippen molar-refractivity contribution in [3.63, 3.8) is 0 Å². The molecule has 3 heteroatoms. The van der Waals surface area contributed by atoms with Crippen LogP contribution in [-0.4, -0.2) is 18.1 Å². The van der Waals surface area contributed by atoms with Crippen LogP contribution in [-0.2, 0) is 9.53 Å². The summed E-state index contributed by atoms with van der Waals surface area (Å²) in [6, 6.07) is 0. The fourth-order valence-electron chi connectivity index (χ4n) is 1.51. The lowest BCUT2D eigenvalue weighted by atomic mass is 9.92. The zero-order chi connectivity index (χ0) is 11.0. The van der Waals surface area contributed by atoms with Crippen molar-refractivity contribution < 1.29 is 9.53 Å². The van der Waals surface area contributed by atoms with Gasteiger partial charge in [0, 0.05) is 6.61 Å². The minimum atomic E-state index is -0.318. The van der Waals surface area contributed by atoms with Crippen molar-refractivity contribution >= 4 is 5.91 Å². The Labute approximate surface area is 87.0 Å². The maximum atomic E-state index is 10.9. The van der Waals surface area contributed by atoms with Crippen LogP contribution in [0.4, 0.5) is 0 Å². The number of primary amides is 1. The molecule has 0 heterocycles. The van der Waals surface area contributed by atoms with E-state index in [1.807, 2.05) is 13.8 Å². The van der Waals surface area contributed by atoms with Crippen molar-refractivity contribution in [1.29, 1.82) is 0 Å². The quantitative estimate of drug-likeness (QED) is 0.612. The van der Waals surface area contributed by atoms with E-state index >= 15 is 0 Å². The molecular formula is C11H23NO2. The summed E-state index contributed by atoms with van der Waals surface area (Å²) in [5.74, 6) is -0.273. The van der Waals surface area contributed by atoms with Crippen molar-refractivity contribution in [3.05, 3.63) is 0 Å². The molecule has 0 spiro atoms. The molecule has 0 aliphatic rings. The summed E-state index contributed by atoms with van der Waals surface area (Å²) in [5, 5.41) is 0. The van der Waals surface area contributed by atoms with Gasteiger partial charge in [0.25, 0.3) is 0 Å². The van der Waals surface area contributed by atoms with Crippen molar-refractivity contribution in [2.24, 2.45) is 5.73 Å². The summed E-state index contributed by atoms with van der Waals surface area (Å²) in [6.45, 7) is 6.93. The third-order valence-electron chi connectivity index (χ3n) is 2.69. The van der Waals surface area contributed by atoms with Crippen molar-refractivity contribution in [3.8, 4) is 0 Å². The average molecular weight is 201 g/mol. The maximum absolute atomic E-state index is 10.9. The molecule has 0 aromatic heterocycles. The minimum absolute atomic E-state index is 0.273. The van der Waals surface area contributed by atoms with Gasteiger partial charge in [-0.3, -0.25) is 4.79 Å². The Hall–Kier alpha value is -0.570. The maximum Gasteiger partial charge on any atom is 0.220 e. The molecule has 0 saturated carbocycles. The van der Waals surface area contributed by atoms with Gasteiger partial charge in [-0.15, -0.1) is 0 Å². The first kappa shape index (κ1) is 13.4. The molecule has 0 rings (SSSR count). The summed E-state index contributed by atoms with van der Waals surface area (Å²) in [6.07, 6.45) is 4.18. The van der Waals surface area contributed by atoms with Gasteiger partial charge in [-0.25, -0.2) is 0 Å². The highest BCUT2D eigenvalue weighted by atomic mass is 16.5. The predicted octanol–water partition coefficient (Wildman–Crippen LogP) is 2.24. The lowest BCUT2D eigenvalue weighted by Gasteiger charge is -2.30. The molecule has 0 aliphatic carbocycles. The molecule has 0 aromatic carbocycles. The highest BCUT2D eigenvalue weighted by Crippen LogP contribution is 2.24. The van der Waals surface area contributed by atoms with Gasteiger partial charge >= 0.3 is 0 Å². The number of hydrogen-bond acceptors (Lipinski definition) is 2. The fraction of sp³-hybridized carbons (Fsp3) is 0.909. The van der Waals surface area contributed by atoms with E-state index in [0.29, 0.717) is 6.42 Å². The van der Waals surface area contributed by atoms with E-state index in [4.69, 9.17) is 10.5 Å². The van der Waals surface area contributed by atoms with E-state index in [1.54, 1.807) is 0 Å². The molecule has 0 bridgehead atoms. The highest BCUT2D eigenvalue weighted by molar-refractivity contribution is 5.74. The molecule has 14 heavy (non-hydrogen) atoms. The van der Waals surface area contributed by atoms with Crippen molar-refractivity contribution in [2.75, 3.05) is 6.61 Å². The molecule has 1 amide bonds. The monoisotopic (exact) mass is 201 g/mol. The van der Waals surface area contributed by atoms with Gasteiger partial charge < -0.3 is 10.5 Å². The van der Waals surface area contributed by atoms with Crippen LogP contribution in [0.2, 0.25) is 0 Å². The molecule has 0 aromatic rings. The van der Waals surface area contributed by atoms with E-state index in [-0.39, 0.29) is 11.5 Å². The summed E-state index contributed by atoms with van der Waals surface area (Å²) in [7, 11) is 0. The zero-order valence-electron chi connectivity index (χ0n) is 9.64. The number of carbonyl (C=O) groups excluding carboxylic acids is 1. The second-order valence-electron chi connectivity index (χ2n) is 3.74. The second kappa shape index (κ2) is 6.82. The summed E-state index contributed by atoms with van der Waals surface area (Å²) >= 11 is 0. The van der Waals surface area contributed by atoms with E-state index in [1.165, 1.54) is 0 Å². The average Bonchev–Trinajstić information content (AvgIpc) is 2.16. The third-order valence-corrected chi connectivity index (χ3v) is 2.69. The van der Waals surface area contributed by atoms with Crippen molar-refractivity contribution in [2.45, 2.75) is 58.5 Å². The van der Waals surface area contributed by atoms with Crippen LogP contribution < -0.4 is 5.73 Å². The van der Waals surface area contributed by atoms with Crippen LogP contribution in [0, 0.1) is 0 Å². The van der Waals surface area contributed by atoms with Gasteiger partial charge in [0.05, 0.1) is 12.0 Å². The molecule has 0 fully saturated rings. The van der Waals surface area contributed by atoms with Crippen LogP contribution in [0.15, 0.2) is 0 Å². The summed E-state index contributed by atoms with van der Waals surface area (Å²) < 4.78 is 5.78. The summed E-state index contributed by atoms with van der Waals surface area (Å²) in [5.41, 5.74) is 4.90. The molecule has 0 unspecified atom stereocenters. The lowest BCUT2D eigenvalue weighted by Crippen LogP contribution is -2.36. The number of amides is 1. The number of ether oxygens (including phenoxy) is 1. The first-order valence-electron chi connectivity index (χ1n) is 5.52. The van der Waals surface area contributed by atoms with Crippen LogP contribution in [0.25, 0.3) is 0 Å². The molecule has 2 N–H and O–H groups in total. The predicted molar refractivity (Wildman–Crippen MR) is 58.0 cm³/mol. The van der Waals surface area contributed by atoms with E-state index in [0.717, 1.165) is 32.3 Å². The van der Waals surface area contributed by atoms with Gasteiger partial charge in [0.2, 0.25) is 5.91 Å². The Morgan fingerprint density at radius 1 is 1.29 bits per heavy atom. The van der Waals surface area contributed by atoms with E-state index in [9.17, 15) is 4.79 Å². The van der Waals surface area contributed by atoms with Gasteiger partial charge in [0.1, 0.15) is 0 Å². The standard InChI is InChI=1S/C11H23NO2/c1-4-7-8-14-11(5-2,6-3)9-10(12)13/h4-9H2,1-3H3,(H2,12,13). The molecular weight excluding hydrogens is 178 g/mol. The number of rotatable bonds is 8. The van der Waals surface area contributed by atoms with Gasteiger partial charge in [-0.1, -0.05) is 27.2 Å². The zero-order valence-corrected chi connectivity index (χ0v) is 9.64. The number of nitrogens with two attached hydrogens (primary N) is 1. The Morgan fingerprint density at radius 2 is 1.86 bits per heavy atom. The molecule has 0 aliphatic heterocycles.